The van der Waals surface area contributed by atoms with Gasteiger partial charge in [-0.3, -0.25) is 0 Å². The zero-order valence-corrected chi connectivity index (χ0v) is 9.07. The van der Waals surface area contributed by atoms with Crippen LogP contribution in [0.15, 0.2) is 12.2 Å². The molecule has 0 aromatic rings. The van der Waals surface area contributed by atoms with E-state index in [4.69, 9.17) is 9.47 Å². The Morgan fingerprint density at radius 2 is 1.69 bits per heavy atom. The molecule has 0 aliphatic rings. The standard InChI is InChI=1S/C10H20O3/c1-6-7-8(11)10(2,3)9(12-4)13-5/h6-9,11H,1-5H3/b7-6+/t8-/m1/s1. The van der Waals surface area contributed by atoms with E-state index in [-0.39, 0.29) is 0 Å². The Morgan fingerprint density at radius 3 is 2.00 bits per heavy atom. The van der Waals surface area contributed by atoms with Crippen LogP contribution in [0.4, 0.5) is 0 Å². The molecule has 0 amide bonds. The molecular weight excluding hydrogens is 168 g/mol. The molecule has 0 unspecified atom stereocenters. The minimum absolute atomic E-state index is 0.404. The Hall–Kier alpha value is -0.380. The highest BCUT2D eigenvalue weighted by molar-refractivity contribution is 4.95. The van der Waals surface area contributed by atoms with E-state index in [1.165, 1.54) is 0 Å². The van der Waals surface area contributed by atoms with Crippen LogP contribution in [-0.4, -0.2) is 31.7 Å². The molecule has 3 heteroatoms. The summed E-state index contributed by atoms with van der Waals surface area (Å²) >= 11 is 0. The van der Waals surface area contributed by atoms with Crippen molar-refractivity contribution in [3.63, 3.8) is 0 Å². The predicted molar refractivity (Wildman–Crippen MR) is 52.4 cm³/mol. The van der Waals surface area contributed by atoms with Crippen molar-refractivity contribution >= 4 is 0 Å². The second-order valence-electron chi connectivity index (χ2n) is 3.60. The highest BCUT2D eigenvalue weighted by Crippen LogP contribution is 2.28. The normalized spacial score (nSPS) is 15.6. The molecule has 13 heavy (non-hydrogen) atoms. The van der Waals surface area contributed by atoms with Crippen LogP contribution < -0.4 is 0 Å². The van der Waals surface area contributed by atoms with Crippen LogP contribution in [-0.2, 0) is 9.47 Å². The Balaban J connectivity index is 4.50. The van der Waals surface area contributed by atoms with E-state index in [1.807, 2.05) is 26.8 Å². The monoisotopic (exact) mass is 188 g/mol. The van der Waals surface area contributed by atoms with Gasteiger partial charge in [-0.05, 0) is 6.92 Å². The summed E-state index contributed by atoms with van der Waals surface area (Å²) in [7, 11) is 3.14. The van der Waals surface area contributed by atoms with Gasteiger partial charge >= 0.3 is 0 Å². The summed E-state index contributed by atoms with van der Waals surface area (Å²) in [6, 6.07) is 0. The molecule has 3 nitrogen and oxygen atoms in total. The van der Waals surface area contributed by atoms with Gasteiger partial charge in [-0.1, -0.05) is 26.0 Å². The molecule has 0 heterocycles. The zero-order valence-electron chi connectivity index (χ0n) is 9.07. The van der Waals surface area contributed by atoms with Gasteiger partial charge in [0.25, 0.3) is 0 Å². The number of methoxy groups -OCH3 is 2. The molecule has 0 aliphatic heterocycles. The van der Waals surface area contributed by atoms with Crippen molar-refractivity contribution < 1.29 is 14.6 Å². The van der Waals surface area contributed by atoms with Gasteiger partial charge in [-0.2, -0.15) is 0 Å². The van der Waals surface area contributed by atoms with Crippen LogP contribution in [0, 0.1) is 5.41 Å². The van der Waals surface area contributed by atoms with Crippen LogP contribution in [0.25, 0.3) is 0 Å². The molecule has 0 saturated heterocycles. The Bertz CT molecular complexity index is 160. The summed E-state index contributed by atoms with van der Waals surface area (Å²) in [5, 5.41) is 9.76. The lowest BCUT2D eigenvalue weighted by Gasteiger charge is -2.34. The third kappa shape index (κ3) is 3.10. The summed E-state index contributed by atoms with van der Waals surface area (Å²) in [5.74, 6) is 0. The van der Waals surface area contributed by atoms with Gasteiger partial charge in [0.1, 0.15) is 0 Å². The van der Waals surface area contributed by atoms with Gasteiger partial charge in [0, 0.05) is 19.6 Å². The van der Waals surface area contributed by atoms with E-state index in [2.05, 4.69) is 0 Å². The maximum absolute atomic E-state index is 9.76. The molecule has 1 N–H and O–H groups in total. The SMILES string of the molecule is C/C=C/[C@@H](O)C(C)(C)C(OC)OC. The molecule has 0 saturated carbocycles. The van der Waals surface area contributed by atoms with Gasteiger partial charge < -0.3 is 14.6 Å². The summed E-state index contributed by atoms with van der Waals surface area (Å²) in [6.45, 7) is 5.67. The van der Waals surface area contributed by atoms with Crippen molar-refractivity contribution in [2.24, 2.45) is 5.41 Å². The summed E-state index contributed by atoms with van der Waals surface area (Å²) < 4.78 is 10.2. The fraction of sp³-hybridized carbons (Fsp3) is 0.800. The van der Waals surface area contributed by atoms with Crippen LogP contribution in [0.2, 0.25) is 0 Å². The number of hydrogen-bond acceptors (Lipinski definition) is 3. The van der Waals surface area contributed by atoms with E-state index < -0.39 is 17.8 Å². The molecule has 0 fully saturated rings. The molecule has 1 atom stereocenters. The van der Waals surface area contributed by atoms with E-state index in [0.29, 0.717) is 0 Å². The average molecular weight is 188 g/mol. The smallest absolute Gasteiger partial charge is 0.164 e. The molecule has 0 aromatic carbocycles. The second kappa shape index (κ2) is 5.37. The lowest BCUT2D eigenvalue weighted by atomic mass is 9.85. The minimum atomic E-state index is -0.567. The highest BCUT2D eigenvalue weighted by Gasteiger charge is 2.35. The Morgan fingerprint density at radius 1 is 1.23 bits per heavy atom. The minimum Gasteiger partial charge on any atom is -0.388 e. The Kier molecular flexibility index (Phi) is 5.21. The predicted octanol–water partition coefficient (Wildman–Crippen LogP) is 1.57. The second-order valence-corrected chi connectivity index (χ2v) is 3.60. The first-order chi connectivity index (χ1) is 6.00. The third-order valence-corrected chi connectivity index (χ3v) is 2.17. The molecule has 0 aromatic heterocycles. The molecular formula is C10H20O3. The Labute approximate surface area is 80.4 Å². The largest absolute Gasteiger partial charge is 0.388 e. The fourth-order valence-electron chi connectivity index (χ4n) is 1.27. The van der Waals surface area contributed by atoms with Crippen molar-refractivity contribution in [3.8, 4) is 0 Å². The van der Waals surface area contributed by atoms with Crippen molar-refractivity contribution in [3.05, 3.63) is 12.2 Å². The maximum atomic E-state index is 9.76. The van der Waals surface area contributed by atoms with Gasteiger partial charge in [-0.15, -0.1) is 0 Å². The molecule has 0 spiro atoms. The number of ether oxygens (including phenoxy) is 2. The number of allylic oxidation sites excluding steroid dienone is 1. The lowest BCUT2D eigenvalue weighted by molar-refractivity contribution is -0.189. The van der Waals surface area contributed by atoms with E-state index >= 15 is 0 Å². The van der Waals surface area contributed by atoms with E-state index in [9.17, 15) is 5.11 Å². The van der Waals surface area contributed by atoms with Gasteiger partial charge in [0.15, 0.2) is 6.29 Å². The first-order valence-corrected chi connectivity index (χ1v) is 4.37. The number of aliphatic hydroxyl groups excluding tert-OH is 1. The van der Waals surface area contributed by atoms with Crippen molar-refractivity contribution in [1.29, 1.82) is 0 Å². The molecule has 0 rings (SSSR count). The summed E-state index contributed by atoms with van der Waals surface area (Å²) in [4.78, 5) is 0. The van der Waals surface area contributed by atoms with E-state index in [0.717, 1.165) is 0 Å². The van der Waals surface area contributed by atoms with Gasteiger partial charge in [-0.25, -0.2) is 0 Å². The first kappa shape index (κ1) is 12.6. The fourth-order valence-corrected chi connectivity index (χ4v) is 1.27. The van der Waals surface area contributed by atoms with Crippen LogP contribution in [0.5, 0.6) is 0 Å². The zero-order chi connectivity index (χ0) is 10.5. The summed E-state index contributed by atoms with van der Waals surface area (Å²) in [5.41, 5.74) is -0.448. The topological polar surface area (TPSA) is 38.7 Å². The molecule has 0 radical (unpaired) electrons. The number of rotatable bonds is 5. The van der Waals surface area contributed by atoms with E-state index in [1.54, 1.807) is 20.3 Å². The summed E-state index contributed by atoms with van der Waals surface area (Å²) in [6.07, 6.45) is 2.57. The highest BCUT2D eigenvalue weighted by atomic mass is 16.7. The van der Waals surface area contributed by atoms with Gasteiger partial charge in [0.05, 0.1) is 6.10 Å². The van der Waals surface area contributed by atoms with Gasteiger partial charge in [0.2, 0.25) is 0 Å². The molecule has 78 valence electrons. The van der Waals surface area contributed by atoms with Crippen LogP contribution in [0.3, 0.4) is 0 Å². The number of hydrogen-bond donors (Lipinski definition) is 1. The molecule has 0 bridgehead atoms. The lowest BCUT2D eigenvalue weighted by Crippen LogP contribution is -2.41. The van der Waals surface area contributed by atoms with Crippen molar-refractivity contribution in [2.75, 3.05) is 14.2 Å². The molecule has 0 aliphatic carbocycles. The van der Waals surface area contributed by atoms with Crippen molar-refractivity contribution in [2.45, 2.75) is 33.2 Å². The third-order valence-electron chi connectivity index (χ3n) is 2.17. The van der Waals surface area contributed by atoms with Crippen molar-refractivity contribution in [1.82, 2.24) is 0 Å². The number of aliphatic hydroxyl groups is 1. The van der Waals surface area contributed by atoms with Crippen LogP contribution in [0.1, 0.15) is 20.8 Å². The van der Waals surface area contributed by atoms with Crippen LogP contribution >= 0.6 is 0 Å². The quantitative estimate of drug-likeness (QED) is 0.525. The average Bonchev–Trinajstić information content (AvgIpc) is 2.06. The maximum Gasteiger partial charge on any atom is 0.164 e. The first-order valence-electron chi connectivity index (χ1n) is 4.37.